The van der Waals surface area contributed by atoms with E-state index in [1.54, 1.807) is 20.8 Å². The quantitative estimate of drug-likeness (QED) is 0.671. The fourth-order valence-electron chi connectivity index (χ4n) is 2.96. The normalized spacial score (nSPS) is 19.3. The summed E-state index contributed by atoms with van der Waals surface area (Å²) in [5, 5.41) is 5.90. The Morgan fingerprint density at radius 1 is 1.11 bits per heavy atom. The van der Waals surface area contributed by atoms with Crippen LogP contribution in [0.5, 0.6) is 0 Å². The minimum atomic E-state index is -0.629. The van der Waals surface area contributed by atoms with E-state index in [0.717, 1.165) is 39.3 Å². The van der Waals surface area contributed by atoms with E-state index in [0.29, 0.717) is 5.92 Å². The highest BCUT2D eigenvalue weighted by Crippen LogP contribution is 2.13. The molecule has 7 heteroatoms. The molecule has 1 fully saturated rings. The van der Waals surface area contributed by atoms with Gasteiger partial charge in [0.25, 0.3) is 0 Å². The number of hydrogen-bond acceptors (Lipinski definition) is 5. The monoisotopic (exact) mass is 385 g/mol. The number of ether oxygens (including phenoxy) is 2. The molecule has 3 atom stereocenters. The summed E-state index contributed by atoms with van der Waals surface area (Å²) in [7, 11) is 0. The Kier molecular flexibility index (Phi) is 9.53. The zero-order chi connectivity index (χ0) is 20.6. The molecule has 2 amide bonds. The van der Waals surface area contributed by atoms with Crippen molar-refractivity contribution < 1.29 is 19.1 Å². The predicted molar refractivity (Wildman–Crippen MR) is 107 cm³/mol. The molecule has 7 nitrogen and oxygen atoms in total. The summed E-state index contributed by atoms with van der Waals surface area (Å²) in [6.45, 7) is 17.5. The lowest BCUT2D eigenvalue weighted by Gasteiger charge is -2.34. The molecule has 0 aromatic carbocycles. The van der Waals surface area contributed by atoms with E-state index < -0.39 is 17.7 Å². The summed E-state index contributed by atoms with van der Waals surface area (Å²) in [4.78, 5) is 27.4. The molecule has 1 rings (SSSR count). The van der Waals surface area contributed by atoms with Crippen molar-refractivity contribution in [2.75, 3.05) is 32.8 Å². The van der Waals surface area contributed by atoms with Gasteiger partial charge in [0.05, 0.1) is 13.2 Å². The highest BCUT2D eigenvalue weighted by molar-refractivity contribution is 5.86. The lowest BCUT2D eigenvalue weighted by Crippen LogP contribution is -2.56. The summed E-state index contributed by atoms with van der Waals surface area (Å²) in [6, 6.07) is -0.599. The number of nitrogens with one attached hydrogen (secondary N) is 2. The molecule has 0 aromatic heterocycles. The molecule has 1 saturated heterocycles. The van der Waals surface area contributed by atoms with Gasteiger partial charge in [-0.3, -0.25) is 9.69 Å². The zero-order valence-corrected chi connectivity index (χ0v) is 18.1. The number of nitrogens with zero attached hydrogens (tertiary/aromatic N) is 1. The molecule has 1 aliphatic heterocycles. The predicted octanol–water partition coefficient (Wildman–Crippen LogP) is 2.40. The number of alkyl carbamates (subject to hydrolysis) is 1. The van der Waals surface area contributed by atoms with Crippen molar-refractivity contribution in [2.24, 2.45) is 11.8 Å². The van der Waals surface area contributed by atoms with E-state index in [9.17, 15) is 9.59 Å². The summed E-state index contributed by atoms with van der Waals surface area (Å²) in [5.41, 5.74) is -0.600. The molecule has 2 N–H and O–H groups in total. The molecule has 0 spiro atoms. The van der Waals surface area contributed by atoms with Gasteiger partial charge in [-0.15, -0.1) is 0 Å². The second kappa shape index (κ2) is 10.9. The number of carbonyl (C=O) groups excluding carboxylic acids is 2. The first-order valence-corrected chi connectivity index (χ1v) is 10.1. The first kappa shape index (κ1) is 23.7. The molecule has 1 aliphatic rings. The van der Waals surface area contributed by atoms with Crippen LogP contribution in [-0.2, 0) is 14.3 Å². The van der Waals surface area contributed by atoms with Gasteiger partial charge < -0.3 is 20.1 Å². The maximum Gasteiger partial charge on any atom is 0.408 e. The van der Waals surface area contributed by atoms with Crippen molar-refractivity contribution in [3.8, 4) is 0 Å². The topological polar surface area (TPSA) is 79.9 Å². The SMILES string of the molecule is CC[C@H](C)[C@@H](CN1CCOCC1)NC(=O)[C@H](NC(=O)OC(C)(C)C)C(C)C. The van der Waals surface area contributed by atoms with Crippen LogP contribution in [0, 0.1) is 11.8 Å². The Labute approximate surface area is 164 Å². The molecule has 0 aromatic rings. The Balaban J connectivity index is 2.74. The number of morpholine rings is 1. The van der Waals surface area contributed by atoms with E-state index in [1.165, 1.54) is 0 Å². The minimum Gasteiger partial charge on any atom is -0.444 e. The zero-order valence-electron chi connectivity index (χ0n) is 18.1. The van der Waals surface area contributed by atoms with Crippen LogP contribution in [-0.4, -0.2) is 67.4 Å². The van der Waals surface area contributed by atoms with Gasteiger partial charge in [0.2, 0.25) is 5.91 Å². The molecular formula is C20H39N3O4. The van der Waals surface area contributed by atoms with Gasteiger partial charge >= 0.3 is 6.09 Å². The van der Waals surface area contributed by atoms with Crippen molar-refractivity contribution in [3.05, 3.63) is 0 Å². The fraction of sp³-hybridized carbons (Fsp3) is 0.900. The standard InChI is InChI=1S/C20H39N3O4/c1-8-15(4)16(13-23-9-11-26-12-10-23)21-18(24)17(14(2)3)22-19(25)27-20(5,6)7/h14-17H,8-13H2,1-7H3,(H,21,24)(H,22,25)/t15-,16+,17+/m0/s1. The van der Waals surface area contributed by atoms with E-state index in [4.69, 9.17) is 9.47 Å². The first-order chi connectivity index (χ1) is 12.5. The summed E-state index contributed by atoms with van der Waals surface area (Å²) >= 11 is 0. The largest absolute Gasteiger partial charge is 0.444 e. The van der Waals surface area contributed by atoms with E-state index in [1.807, 2.05) is 13.8 Å². The van der Waals surface area contributed by atoms with Crippen molar-refractivity contribution >= 4 is 12.0 Å². The van der Waals surface area contributed by atoms with Gasteiger partial charge in [-0.1, -0.05) is 34.1 Å². The van der Waals surface area contributed by atoms with Crippen molar-refractivity contribution in [2.45, 2.75) is 72.6 Å². The Morgan fingerprint density at radius 3 is 2.19 bits per heavy atom. The molecular weight excluding hydrogens is 346 g/mol. The summed E-state index contributed by atoms with van der Waals surface area (Å²) in [5.74, 6) is 0.138. The van der Waals surface area contributed by atoms with Crippen LogP contribution in [0.15, 0.2) is 0 Å². The maximum atomic E-state index is 12.9. The van der Waals surface area contributed by atoms with Gasteiger partial charge in [-0.25, -0.2) is 4.79 Å². The smallest absolute Gasteiger partial charge is 0.408 e. The third kappa shape index (κ3) is 8.93. The van der Waals surface area contributed by atoms with Gasteiger partial charge in [-0.05, 0) is 32.6 Å². The van der Waals surface area contributed by atoms with E-state index in [2.05, 4.69) is 29.4 Å². The second-order valence-electron chi connectivity index (χ2n) is 8.78. The third-order valence-corrected chi connectivity index (χ3v) is 4.84. The van der Waals surface area contributed by atoms with Crippen LogP contribution in [0.25, 0.3) is 0 Å². The number of rotatable bonds is 8. The van der Waals surface area contributed by atoms with Crippen LogP contribution >= 0.6 is 0 Å². The Hall–Kier alpha value is -1.34. The Morgan fingerprint density at radius 2 is 1.70 bits per heavy atom. The van der Waals surface area contributed by atoms with Gasteiger partial charge in [-0.2, -0.15) is 0 Å². The van der Waals surface area contributed by atoms with Crippen LogP contribution < -0.4 is 10.6 Å². The molecule has 158 valence electrons. The lowest BCUT2D eigenvalue weighted by molar-refractivity contribution is -0.125. The molecule has 27 heavy (non-hydrogen) atoms. The second-order valence-corrected chi connectivity index (χ2v) is 8.78. The van der Waals surface area contributed by atoms with Crippen LogP contribution in [0.4, 0.5) is 4.79 Å². The first-order valence-electron chi connectivity index (χ1n) is 10.1. The highest BCUT2D eigenvalue weighted by atomic mass is 16.6. The van der Waals surface area contributed by atoms with Crippen molar-refractivity contribution in [1.29, 1.82) is 0 Å². The van der Waals surface area contributed by atoms with Crippen molar-refractivity contribution in [1.82, 2.24) is 15.5 Å². The number of amides is 2. The Bertz CT molecular complexity index is 470. The van der Waals surface area contributed by atoms with Gasteiger partial charge in [0.1, 0.15) is 11.6 Å². The minimum absolute atomic E-state index is 0.0299. The van der Waals surface area contributed by atoms with Crippen LogP contribution in [0.3, 0.4) is 0 Å². The van der Waals surface area contributed by atoms with Gasteiger partial charge in [0, 0.05) is 25.7 Å². The van der Waals surface area contributed by atoms with Crippen LogP contribution in [0.1, 0.15) is 54.9 Å². The van der Waals surface area contributed by atoms with E-state index >= 15 is 0 Å². The fourth-order valence-corrected chi connectivity index (χ4v) is 2.96. The maximum absolute atomic E-state index is 12.9. The molecule has 0 bridgehead atoms. The molecule has 1 heterocycles. The molecule has 0 aliphatic carbocycles. The summed E-state index contributed by atoms with van der Waals surface area (Å²) in [6.07, 6.45) is 0.408. The third-order valence-electron chi connectivity index (χ3n) is 4.84. The van der Waals surface area contributed by atoms with E-state index in [-0.39, 0.29) is 17.9 Å². The molecule has 0 unspecified atom stereocenters. The molecule has 0 radical (unpaired) electrons. The molecule has 0 saturated carbocycles. The van der Waals surface area contributed by atoms with Crippen LogP contribution in [0.2, 0.25) is 0 Å². The van der Waals surface area contributed by atoms with Gasteiger partial charge in [0.15, 0.2) is 0 Å². The summed E-state index contributed by atoms with van der Waals surface area (Å²) < 4.78 is 10.7. The van der Waals surface area contributed by atoms with Crippen molar-refractivity contribution in [3.63, 3.8) is 0 Å². The number of hydrogen-bond donors (Lipinski definition) is 2. The average molecular weight is 386 g/mol. The average Bonchev–Trinajstić information content (AvgIpc) is 2.57. The highest BCUT2D eigenvalue weighted by Gasteiger charge is 2.30. The lowest BCUT2D eigenvalue weighted by atomic mass is 9.96. The number of carbonyl (C=O) groups is 2.